The van der Waals surface area contributed by atoms with Crippen molar-refractivity contribution >= 4 is 17.3 Å². The Kier molecular flexibility index (Phi) is 4.35. The monoisotopic (exact) mass is 385 g/mol. The van der Waals surface area contributed by atoms with Gasteiger partial charge in [-0.05, 0) is 37.0 Å². The van der Waals surface area contributed by atoms with E-state index >= 15 is 0 Å². The molecule has 1 N–H and O–H groups in total. The van der Waals surface area contributed by atoms with Crippen molar-refractivity contribution in [2.75, 3.05) is 6.61 Å². The Bertz CT molecular complexity index is 1080. The summed E-state index contributed by atoms with van der Waals surface area (Å²) in [4.78, 5) is 26.3. The summed E-state index contributed by atoms with van der Waals surface area (Å²) in [6.07, 6.45) is 3.17. The molecule has 3 aliphatic rings. The smallest absolute Gasteiger partial charge is 0.192 e. The average molecular weight is 385 g/mol. The Labute approximate surface area is 170 Å². The van der Waals surface area contributed by atoms with Crippen LogP contribution in [0.5, 0.6) is 5.75 Å². The van der Waals surface area contributed by atoms with E-state index in [2.05, 4.69) is 12.2 Å². The highest BCUT2D eigenvalue weighted by atomic mass is 16.5. The maximum Gasteiger partial charge on any atom is 0.192 e. The zero-order chi connectivity index (χ0) is 20.0. The number of dihydropyridines is 1. The fourth-order valence-electron chi connectivity index (χ4n) is 4.65. The molecule has 5 rings (SSSR count). The number of hydrogen-bond acceptors (Lipinski definition) is 4. The number of ketones is 2. The number of hydrogen-bond donors (Lipinski definition) is 1. The highest BCUT2D eigenvalue weighted by molar-refractivity contribution is 6.23. The molecule has 0 aromatic heterocycles. The van der Waals surface area contributed by atoms with E-state index in [1.807, 2.05) is 48.5 Å². The third kappa shape index (κ3) is 2.82. The van der Waals surface area contributed by atoms with E-state index in [0.29, 0.717) is 24.2 Å². The van der Waals surface area contributed by atoms with E-state index in [1.54, 1.807) is 0 Å². The summed E-state index contributed by atoms with van der Waals surface area (Å²) in [5.74, 6) is 0.646. The van der Waals surface area contributed by atoms with E-state index in [0.717, 1.165) is 53.1 Å². The number of ether oxygens (including phenoxy) is 1. The number of Topliss-reactive ketones (excluding diaryl/α,β-unsaturated/α-hetero) is 2. The van der Waals surface area contributed by atoms with Gasteiger partial charge in [0.2, 0.25) is 0 Å². The molecule has 29 heavy (non-hydrogen) atoms. The first-order chi connectivity index (χ1) is 14.2. The van der Waals surface area contributed by atoms with Crippen molar-refractivity contribution in [3.05, 3.63) is 82.1 Å². The first kappa shape index (κ1) is 17.9. The average Bonchev–Trinajstić information content (AvgIpc) is 3.04. The molecule has 1 heterocycles. The zero-order valence-corrected chi connectivity index (χ0v) is 16.5. The van der Waals surface area contributed by atoms with E-state index in [9.17, 15) is 9.59 Å². The van der Waals surface area contributed by atoms with Gasteiger partial charge in [0.15, 0.2) is 11.6 Å². The topological polar surface area (TPSA) is 55.4 Å². The molecule has 0 amide bonds. The molecule has 0 saturated carbocycles. The summed E-state index contributed by atoms with van der Waals surface area (Å²) < 4.78 is 5.71. The molecule has 4 nitrogen and oxygen atoms in total. The van der Waals surface area contributed by atoms with Crippen molar-refractivity contribution < 1.29 is 14.3 Å². The molecule has 146 valence electrons. The van der Waals surface area contributed by atoms with Crippen LogP contribution in [0.3, 0.4) is 0 Å². The molecule has 1 aliphatic heterocycles. The van der Waals surface area contributed by atoms with E-state index in [-0.39, 0.29) is 17.5 Å². The number of nitrogens with one attached hydrogen (secondary N) is 1. The summed E-state index contributed by atoms with van der Waals surface area (Å²) >= 11 is 0. The maximum atomic E-state index is 13.3. The maximum absolute atomic E-state index is 13.3. The van der Waals surface area contributed by atoms with Gasteiger partial charge in [0.1, 0.15) is 5.75 Å². The number of carbonyl (C=O) groups is 2. The van der Waals surface area contributed by atoms with Crippen LogP contribution in [0.4, 0.5) is 0 Å². The fourth-order valence-corrected chi connectivity index (χ4v) is 4.65. The summed E-state index contributed by atoms with van der Waals surface area (Å²) in [7, 11) is 0. The van der Waals surface area contributed by atoms with Crippen LogP contribution in [-0.4, -0.2) is 18.2 Å². The third-order valence-corrected chi connectivity index (χ3v) is 5.95. The van der Waals surface area contributed by atoms with Crippen LogP contribution in [-0.2, 0) is 4.79 Å². The van der Waals surface area contributed by atoms with Crippen LogP contribution < -0.4 is 10.1 Å². The zero-order valence-electron chi connectivity index (χ0n) is 16.5. The molecule has 0 bridgehead atoms. The van der Waals surface area contributed by atoms with Crippen LogP contribution >= 0.6 is 0 Å². The number of rotatable bonds is 4. The summed E-state index contributed by atoms with van der Waals surface area (Å²) in [5, 5.41) is 3.47. The fraction of sp³-hybridized carbons (Fsp3) is 0.280. The number of benzene rings is 2. The Morgan fingerprint density at radius 3 is 2.48 bits per heavy atom. The summed E-state index contributed by atoms with van der Waals surface area (Å²) in [6.45, 7) is 2.74. The van der Waals surface area contributed by atoms with Gasteiger partial charge in [0, 0.05) is 40.3 Å². The molecular weight excluding hydrogens is 362 g/mol. The predicted octanol–water partition coefficient (Wildman–Crippen LogP) is 4.78. The van der Waals surface area contributed by atoms with Crippen molar-refractivity contribution in [3.63, 3.8) is 0 Å². The minimum atomic E-state index is -0.325. The lowest BCUT2D eigenvalue weighted by Gasteiger charge is -2.33. The Hall–Kier alpha value is -3.14. The molecule has 4 heteroatoms. The molecule has 0 saturated heterocycles. The van der Waals surface area contributed by atoms with Crippen LogP contribution in [0.25, 0.3) is 5.70 Å². The van der Waals surface area contributed by atoms with Crippen LogP contribution in [0, 0.1) is 0 Å². The van der Waals surface area contributed by atoms with E-state index in [1.165, 1.54) is 0 Å². The van der Waals surface area contributed by atoms with Crippen molar-refractivity contribution in [2.45, 2.75) is 38.5 Å². The summed E-state index contributed by atoms with van der Waals surface area (Å²) in [6, 6.07) is 15.6. The number of carbonyl (C=O) groups excluding carboxylic acids is 2. The molecule has 2 aliphatic carbocycles. The molecular formula is C25H23NO3. The first-order valence-electron chi connectivity index (χ1n) is 10.3. The van der Waals surface area contributed by atoms with Crippen molar-refractivity contribution in [1.82, 2.24) is 5.32 Å². The Balaban J connectivity index is 1.64. The van der Waals surface area contributed by atoms with Crippen LogP contribution in [0.2, 0.25) is 0 Å². The second kappa shape index (κ2) is 7.03. The Morgan fingerprint density at radius 1 is 0.966 bits per heavy atom. The Morgan fingerprint density at radius 2 is 1.72 bits per heavy atom. The van der Waals surface area contributed by atoms with Gasteiger partial charge in [0.25, 0.3) is 0 Å². The second-order valence-electron chi connectivity index (χ2n) is 7.81. The minimum absolute atomic E-state index is 0.0179. The molecule has 1 atom stereocenters. The molecule has 1 unspecified atom stereocenters. The van der Waals surface area contributed by atoms with Crippen molar-refractivity contribution in [1.29, 1.82) is 0 Å². The lowest BCUT2D eigenvalue weighted by atomic mass is 9.75. The molecule has 0 spiro atoms. The van der Waals surface area contributed by atoms with Gasteiger partial charge in [-0.1, -0.05) is 43.3 Å². The highest BCUT2D eigenvalue weighted by Gasteiger charge is 2.43. The van der Waals surface area contributed by atoms with Crippen LogP contribution in [0.1, 0.15) is 60.0 Å². The molecule has 0 radical (unpaired) electrons. The van der Waals surface area contributed by atoms with Gasteiger partial charge in [-0.3, -0.25) is 9.59 Å². The van der Waals surface area contributed by atoms with Gasteiger partial charge in [-0.25, -0.2) is 0 Å². The number of fused-ring (bicyclic) bond motifs is 2. The quantitative estimate of drug-likeness (QED) is 0.823. The van der Waals surface area contributed by atoms with Gasteiger partial charge in [-0.2, -0.15) is 0 Å². The molecule has 2 aromatic carbocycles. The minimum Gasteiger partial charge on any atom is -0.494 e. The highest BCUT2D eigenvalue weighted by Crippen LogP contribution is 2.48. The predicted molar refractivity (Wildman–Crippen MR) is 112 cm³/mol. The van der Waals surface area contributed by atoms with Crippen LogP contribution in [0.15, 0.2) is 65.4 Å². The largest absolute Gasteiger partial charge is 0.494 e. The number of allylic oxidation sites excluding steroid dienone is 3. The summed E-state index contributed by atoms with van der Waals surface area (Å²) in [5.41, 5.74) is 5.92. The van der Waals surface area contributed by atoms with Gasteiger partial charge >= 0.3 is 0 Å². The van der Waals surface area contributed by atoms with E-state index in [4.69, 9.17) is 4.74 Å². The lowest BCUT2D eigenvalue weighted by Crippen LogP contribution is -2.31. The molecule has 0 fully saturated rings. The normalized spacial score (nSPS) is 20.2. The third-order valence-electron chi connectivity index (χ3n) is 5.95. The van der Waals surface area contributed by atoms with E-state index < -0.39 is 0 Å². The van der Waals surface area contributed by atoms with Crippen molar-refractivity contribution in [2.24, 2.45) is 0 Å². The van der Waals surface area contributed by atoms with Crippen molar-refractivity contribution in [3.8, 4) is 5.75 Å². The standard InChI is InChI=1S/C25H23NO3/c1-2-14-29-16-12-10-15(11-13-16)21-22-19(8-5-9-20(22)27)26-24-17-6-3-4-7-18(17)25(28)23(21)24/h3-4,6-7,10-13,21,26H,2,5,8-9,14H2,1H3. The SMILES string of the molecule is CCCOc1ccc(C2C3=C(CCCC3=O)NC3=C2C(=O)c2ccccc23)cc1. The second-order valence-corrected chi connectivity index (χ2v) is 7.81. The van der Waals surface area contributed by atoms with Gasteiger partial charge in [-0.15, -0.1) is 0 Å². The van der Waals surface area contributed by atoms with Gasteiger partial charge in [0.05, 0.1) is 12.3 Å². The molecule has 2 aromatic rings. The first-order valence-corrected chi connectivity index (χ1v) is 10.3. The lowest BCUT2D eigenvalue weighted by molar-refractivity contribution is -0.116. The van der Waals surface area contributed by atoms with Gasteiger partial charge < -0.3 is 10.1 Å².